The maximum atomic E-state index is 13.2. The Labute approximate surface area is 505 Å². The number of carboxylic acids is 1. The van der Waals surface area contributed by atoms with Crippen LogP contribution in [0.25, 0.3) is 0 Å². The van der Waals surface area contributed by atoms with Gasteiger partial charge in [-0.3, -0.25) is 14.4 Å². The number of carbonyl (C=O) groups excluding carboxylic acids is 3. The summed E-state index contributed by atoms with van der Waals surface area (Å²) in [6.07, 6.45) is 64.0. The Kier molecular flexibility index (Phi) is 54.0. The molecule has 1 heterocycles. The van der Waals surface area contributed by atoms with E-state index in [9.17, 15) is 34.5 Å². The molecule has 1 aliphatic rings. The Morgan fingerprint density at radius 3 is 1.20 bits per heavy atom. The van der Waals surface area contributed by atoms with Crippen LogP contribution in [0.5, 0.6) is 0 Å². The molecule has 0 saturated carbocycles. The third-order valence-electron chi connectivity index (χ3n) is 15.0. The normalized spacial score (nSPS) is 18.1. The Morgan fingerprint density at radius 2 is 0.759 bits per heavy atom. The minimum Gasteiger partial charge on any atom is -0.479 e. The number of aliphatic hydroxyl groups excluding tert-OH is 2. The Balaban J connectivity index is 2.66. The van der Waals surface area contributed by atoms with E-state index in [1.54, 1.807) is 0 Å². The molecule has 1 aliphatic heterocycles. The van der Waals surface area contributed by atoms with E-state index < -0.39 is 67.3 Å². The number of aliphatic hydroxyl groups is 2. The van der Waals surface area contributed by atoms with Gasteiger partial charge in [0.25, 0.3) is 0 Å². The third-order valence-corrected chi connectivity index (χ3v) is 15.0. The molecule has 0 aliphatic carbocycles. The molecule has 0 amide bonds. The van der Waals surface area contributed by atoms with Gasteiger partial charge in [-0.2, -0.15) is 0 Å². The largest absolute Gasteiger partial charge is 0.479 e. The van der Waals surface area contributed by atoms with Crippen LogP contribution >= 0.6 is 0 Å². The molecule has 12 heteroatoms. The van der Waals surface area contributed by atoms with Gasteiger partial charge in [-0.05, 0) is 96.3 Å². The molecule has 0 bridgehead atoms. The van der Waals surface area contributed by atoms with E-state index in [2.05, 4.69) is 106 Å². The smallest absolute Gasteiger partial charge is 0.335 e. The lowest BCUT2D eigenvalue weighted by molar-refractivity contribution is -0.301. The van der Waals surface area contributed by atoms with Crippen molar-refractivity contribution in [1.29, 1.82) is 0 Å². The van der Waals surface area contributed by atoms with E-state index in [0.717, 1.165) is 109 Å². The topological polar surface area (TPSA) is 175 Å². The van der Waals surface area contributed by atoms with Crippen LogP contribution in [-0.4, -0.2) is 89.2 Å². The second kappa shape index (κ2) is 58.3. The number of rotatable bonds is 57. The number of aliphatic carboxylic acids is 1. The van der Waals surface area contributed by atoms with Crippen molar-refractivity contribution in [3.8, 4) is 0 Å². The summed E-state index contributed by atoms with van der Waals surface area (Å²) in [6.45, 7) is 5.85. The number of hydrogen-bond donors (Lipinski definition) is 3. The predicted molar refractivity (Wildman–Crippen MR) is 340 cm³/mol. The van der Waals surface area contributed by atoms with Crippen LogP contribution in [0.3, 0.4) is 0 Å². The molecule has 1 rings (SSSR count). The first-order chi connectivity index (χ1) is 40.6. The molecule has 6 atom stereocenters. The highest BCUT2D eigenvalue weighted by Crippen LogP contribution is 2.27. The first-order valence-corrected chi connectivity index (χ1v) is 33.6. The molecule has 3 N–H and O–H groups in total. The number of allylic oxidation sites excluding steroid dienone is 14. The molecule has 6 unspecified atom stereocenters. The zero-order chi connectivity index (χ0) is 60.3. The molecular weight excluding hydrogens is 1040 g/mol. The molecular formula is C71H120O12. The monoisotopic (exact) mass is 1160 g/mol. The molecule has 83 heavy (non-hydrogen) atoms. The van der Waals surface area contributed by atoms with Crippen LogP contribution < -0.4 is 0 Å². The molecule has 476 valence electrons. The molecule has 0 aromatic rings. The number of carbonyl (C=O) groups is 4. The number of hydrogen-bond acceptors (Lipinski definition) is 11. The fraction of sp³-hybridized carbons (Fsp3) is 0.746. The molecule has 0 spiro atoms. The number of unbranched alkanes of at least 4 members (excludes halogenated alkanes) is 29. The van der Waals surface area contributed by atoms with Gasteiger partial charge in [0.05, 0.1) is 6.61 Å². The summed E-state index contributed by atoms with van der Waals surface area (Å²) in [5, 5.41) is 31.6. The quantitative estimate of drug-likeness (QED) is 0.0228. The van der Waals surface area contributed by atoms with Gasteiger partial charge in [0, 0.05) is 19.3 Å². The van der Waals surface area contributed by atoms with Crippen molar-refractivity contribution in [3.05, 3.63) is 85.1 Å². The van der Waals surface area contributed by atoms with E-state index in [0.29, 0.717) is 19.3 Å². The summed E-state index contributed by atoms with van der Waals surface area (Å²) in [6, 6.07) is 0. The van der Waals surface area contributed by atoms with E-state index in [4.69, 9.17) is 23.7 Å². The van der Waals surface area contributed by atoms with Crippen LogP contribution in [-0.2, 0) is 42.9 Å². The average Bonchev–Trinajstić information content (AvgIpc) is 3.60. The second-order valence-corrected chi connectivity index (χ2v) is 22.7. The molecule has 0 aromatic carbocycles. The van der Waals surface area contributed by atoms with Gasteiger partial charge in [0.15, 0.2) is 24.6 Å². The highest BCUT2D eigenvalue weighted by Gasteiger charge is 2.50. The summed E-state index contributed by atoms with van der Waals surface area (Å²) in [5.74, 6) is -3.18. The summed E-state index contributed by atoms with van der Waals surface area (Å²) < 4.78 is 28.5. The summed E-state index contributed by atoms with van der Waals surface area (Å²) in [5.41, 5.74) is 0. The summed E-state index contributed by atoms with van der Waals surface area (Å²) in [4.78, 5) is 51.4. The maximum Gasteiger partial charge on any atom is 0.335 e. The highest BCUT2D eigenvalue weighted by atomic mass is 16.7. The van der Waals surface area contributed by atoms with Crippen LogP contribution in [0.2, 0.25) is 0 Å². The Hall–Kier alpha value is -4.10. The van der Waals surface area contributed by atoms with Gasteiger partial charge in [-0.1, -0.05) is 260 Å². The third kappa shape index (κ3) is 47.8. The van der Waals surface area contributed by atoms with Gasteiger partial charge in [-0.25, -0.2) is 4.79 Å². The first kappa shape index (κ1) is 76.9. The Morgan fingerprint density at radius 1 is 0.410 bits per heavy atom. The predicted octanol–water partition coefficient (Wildman–Crippen LogP) is 18.2. The minimum absolute atomic E-state index is 0.0390. The van der Waals surface area contributed by atoms with Crippen LogP contribution in [0, 0.1) is 0 Å². The van der Waals surface area contributed by atoms with Crippen LogP contribution in [0.4, 0.5) is 0 Å². The van der Waals surface area contributed by atoms with Crippen molar-refractivity contribution < 1.29 is 58.2 Å². The molecule has 0 aromatic heterocycles. The van der Waals surface area contributed by atoms with Crippen molar-refractivity contribution in [1.82, 2.24) is 0 Å². The van der Waals surface area contributed by atoms with Crippen molar-refractivity contribution >= 4 is 23.9 Å². The first-order valence-electron chi connectivity index (χ1n) is 33.6. The zero-order valence-corrected chi connectivity index (χ0v) is 52.7. The second-order valence-electron chi connectivity index (χ2n) is 22.7. The van der Waals surface area contributed by atoms with Crippen molar-refractivity contribution in [3.63, 3.8) is 0 Å². The molecule has 0 radical (unpaired) electrons. The van der Waals surface area contributed by atoms with Crippen LogP contribution in [0.15, 0.2) is 85.1 Å². The summed E-state index contributed by atoms with van der Waals surface area (Å²) >= 11 is 0. The maximum absolute atomic E-state index is 13.2. The highest BCUT2D eigenvalue weighted by molar-refractivity contribution is 5.74. The number of esters is 3. The van der Waals surface area contributed by atoms with E-state index in [1.165, 1.54) is 122 Å². The van der Waals surface area contributed by atoms with E-state index in [-0.39, 0.29) is 25.9 Å². The van der Waals surface area contributed by atoms with Gasteiger partial charge in [0.2, 0.25) is 0 Å². The van der Waals surface area contributed by atoms with E-state index >= 15 is 0 Å². The van der Waals surface area contributed by atoms with Crippen molar-refractivity contribution in [2.75, 3.05) is 13.2 Å². The zero-order valence-electron chi connectivity index (χ0n) is 52.7. The van der Waals surface area contributed by atoms with Gasteiger partial charge >= 0.3 is 23.9 Å². The molecule has 12 nitrogen and oxygen atoms in total. The number of carboxylic acid groups (broad SMARTS) is 1. The van der Waals surface area contributed by atoms with Gasteiger partial charge in [0.1, 0.15) is 18.8 Å². The SMILES string of the molecule is CC/C=C\C/C=C\C/C=C\C/C=C\CCCCC(=O)OC(COC(=O)CCCCCCCCCCCCCCCCCCCCC)COC1OC(C(=O)O)C(O)C(O)C1OC(=O)CCCCCCCC/C=C\C/C=C\C/C=C\CCCCC. The fourth-order valence-corrected chi connectivity index (χ4v) is 9.84. The number of ether oxygens (including phenoxy) is 5. The lowest BCUT2D eigenvalue weighted by atomic mass is 9.98. The van der Waals surface area contributed by atoms with Crippen molar-refractivity contribution in [2.24, 2.45) is 0 Å². The van der Waals surface area contributed by atoms with Gasteiger partial charge < -0.3 is 39.0 Å². The van der Waals surface area contributed by atoms with E-state index in [1.807, 2.05) is 0 Å². The average molecular weight is 1170 g/mol. The molecule has 1 fully saturated rings. The minimum atomic E-state index is -1.92. The Bertz CT molecular complexity index is 1760. The lowest BCUT2D eigenvalue weighted by Crippen LogP contribution is -2.61. The van der Waals surface area contributed by atoms with Crippen LogP contribution in [0.1, 0.15) is 290 Å². The lowest BCUT2D eigenvalue weighted by Gasteiger charge is -2.40. The summed E-state index contributed by atoms with van der Waals surface area (Å²) in [7, 11) is 0. The molecule has 1 saturated heterocycles. The van der Waals surface area contributed by atoms with Crippen molar-refractivity contribution in [2.45, 2.75) is 327 Å². The van der Waals surface area contributed by atoms with Gasteiger partial charge in [-0.15, -0.1) is 0 Å². The standard InChI is InChI=1S/C71H120O12/c1-4-7-10-13-16-19-22-25-28-30-32-34-37-39-42-45-48-51-54-57-63(72)79-60-62(81-64(73)58-55-52-49-46-43-40-36-27-24-21-18-15-12-9-6-3)61-80-71-69(67(76)66(75)68(83-71)70(77)78)82-65(74)59-56-53-50-47-44-41-38-35-33-31-29-26-23-20-17-14-11-8-5-2/h9,12,17-18,20-21,26-27,29,33,35-36,43,46,62,66-69,71,75-76H,4-8,10-11,13-16,19,22-25,28,30-32,34,37-42,44-45,47-61H2,1-3H3,(H,77,78)/b12-9-,20-17-,21-18-,29-26-,35-33-,36-27-,46-43-. The fourth-order valence-electron chi connectivity index (χ4n) is 9.84.